The molecule has 0 amide bonds. The molecule has 0 heterocycles. The Bertz CT molecular complexity index is 250. The van der Waals surface area contributed by atoms with E-state index in [-0.39, 0.29) is 16.8 Å². The van der Waals surface area contributed by atoms with E-state index in [9.17, 15) is 4.79 Å². The van der Waals surface area contributed by atoms with Gasteiger partial charge in [-0.1, -0.05) is 35.9 Å². The molecule has 0 fully saturated rings. The average Bonchev–Trinajstić information content (AvgIpc) is 2.16. The Labute approximate surface area is 83.8 Å². The Kier molecular flexibility index (Phi) is 8.97. The molecular formula is C9H14BO4. The van der Waals surface area contributed by atoms with Gasteiger partial charge in [0.15, 0.2) is 0 Å². The molecular weight excluding hydrogens is 183 g/mol. The van der Waals surface area contributed by atoms with Crippen LogP contribution in [0.25, 0.3) is 0 Å². The first-order valence-corrected chi connectivity index (χ1v) is 3.78. The molecule has 0 aliphatic carbocycles. The summed E-state index contributed by atoms with van der Waals surface area (Å²) in [6.07, 6.45) is 0.632. The molecule has 14 heavy (non-hydrogen) atoms. The van der Waals surface area contributed by atoms with Crippen molar-refractivity contribution in [2.24, 2.45) is 0 Å². The lowest BCUT2D eigenvalue weighted by atomic mass is 9.72. The molecule has 0 saturated heterocycles. The van der Waals surface area contributed by atoms with Crippen LogP contribution in [0.3, 0.4) is 0 Å². The quantitative estimate of drug-likeness (QED) is 0.638. The van der Waals surface area contributed by atoms with Crippen LogP contribution in [-0.2, 0) is 11.1 Å². The second-order valence-corrected chi connectivity index (χ2v) is 2.42. The zero-order chi connectivity index (χ0) is 8.81. The molecule has 0 saturated carbocycles. The Morgan fingerprint density at radius 2 is 1.86 bits per heavy atom. The average molecular weight is 197 g/mol. The summed E-state index contributed by atoms with van der Waals surface area (Å²) in [6.45, 7) is 0. The summed E-state index contributed by atoms with van der Waals surface area (Å²) in [5.74, 6) is -0.279. The number of rotatable bonds is 3. The number of hydrogen-bond donors (Lipinski definition) is 0. The highest BCUT2D eigenvalue weighted by Crippen LogP contribution is 1.98. The predicted octanol–water partition coefficient (Wildman–Crippen LogP) is 0.00780. The molecule has 1 aromatic rings. The Hall–Kier alpha value is -1.33. The van der Waals surface area contributed by atoms with Crippen LogP contribution >= 0.6 is 0 Å². The number of methoxy groups -OCH3 is 1. The van der Waals surface area contributed by atoms with Crippen molar-refractivity contribution in [3.05, 3.63) is 35.9 Å². The molecule has 1 rings (SSSR count). The van der Waals surface area contributed by atoms with Gasteiger partial charge >= 0.3 is 0 Å². The molecule has 0 aromatic heterocycles. The Morgan fingerprint density at radius 3 is 2.36 bits per heavy atom. The smallest absolute Gasteiger partial charge is 0.265 e. The summed E-state index contributed by atoms with van der Waals surface area (Å²) in [4.78, 5) is 10.7. The molecule has 0 spiro atoms. The lowest BCUT2D eigenvalue weighted by Crippen LogP contribution is -2.11. The van der Waals surface area contributed by atoms with Crippen molar-refractivity contribution in [2.75, 3.05) is 7.11 Å². The summed E-state index contributed by atoms with van der Waals surface area (Å²) < 4.78 is 4.48. The van der Waals surface area contributed by atoms with Gasteiger partial charge in [0.05, 0.1) is 7.11 Å². The molecule has 1 radical (unpaired) electrons. The fourth-order valence-electron chi connectivity index (χ4n) is 0.899. The van der Waals surface area contributed by atoms with Crippen LogP contribution in [0.4, 0.5) is 4.79 Å². The molecule has 1 aromatic carbocycles. The van der Waals surface area contributed by atoms with Crippen LogP contribution < -0.4 is 0 Å². The lowest BCUT2D eigenvalue weighted by Gasteiger charge is -1.97. The zero-order valence-corrected chi connectivity index (χ0v) is 7.99. The predicted molar refractivity (Wildman–Crippen MR) is 55.5 cm³/mol. The highest BCUT2D eigenvalue weighted by Gasteiger charge is 2.02. The van der Waals surface area contributed by atoms with E-state index in [1.54, 1.807) is 0 Å². The van der Waals surface area contributed by atoms with Crippen molar-refractivity contribution in [3.8, 4) is 0 Å². The third-order valence-electron chi connectivity index (χ3n) is 1.55. The van der Waals surface area contributed by atoms with E-state index in [0.29, 0.717) is 6.32 Å². The van der Waals surface area contributed by atoms with Crippen LogP contribution in [0.2, 0.25) is 0 Å². The van der Waals surface area contributed by atoms with Gasteiger partial charge in [0.2, 0.25) is 5.87 Å². The van der Waals surface area contributed by atoms with E-state index in [1.807, 2.05) is 30.3 Å². The Morgan fingerprint density at radius 1 is 1.29 bits per heavy atom. The number of hydrogen-bond acceptors (Lipinski definition) is 2. The van der Waals surface area contributed by atoms with E-state index < -0.39 is 0 Å². The summed E-state index contributed by atoms with van der Waals surface area (Å²) in [6, 6.07) is 9.78. The molecule has 4 N–H and O–H groups in total. The normalized spacial score (nSPS) is 7.79. The second-order valence-electron chi connectivity index (χ2n) is 2.42. The van der Waals surface area contributed by atoms with Crippen LogP contribution in [-0.4, -0.2) is 31.2 Å². The number of benzene rings is 1. The van der Waals surface area contributed by atoms with Gasteiger partial charge in [-0.3, -0.25) is 4.79 Å². The molecule has 0 aliphatic heterocycles. The first kappa shape index (κ1) is 15.2. The van der Waals surface area contributed by atoms with Gasteiger partial charge in [0, 0.05) is 0 Å². The molecule has 0 atom stereocenters. The van der Waals surface area contributed by atoms with Gasteiger partial charge in [0.1, 0.15) is 0 Å². The molecule has 4 nitrogen and oxygen atoms in total. The fraction of sp³-hybridized carbons (Fsp3) is 0.222. The SMILES string of the molecule is COC(=O)[B]Cc1ccccc1.O.O. The van der Waals surface area contributed by atoms with Gasteiger partial charge < -0.3 is 15.7 Å². The molecule has 0 bridgehead atoms. The summed E-state index contributed by atoms with van der Waals surface area (Å²) >= 11 is 0. The van der Waals surface area contributed by atoms with E-state index in [1.165, 1.54) is 14.4 Å². The standard InChI is InChI=1S/C9H10BO2.2H2O/c1-12-9(11)10-7-8-5-3-2-4-6-8;;/h2-6H,7H2,1H3;2*1H2. The maximum atomic E-state index is 10.7. The van der Waals surface area contributed by atoms with Crippen molar-refractivity contribution in [3.63, 3.8) is 0 Å². The van der Waals surface area contributed by atoms with E-state index in [0.717, 1.165) is 5.56 Å². The van der Waals surface area contributed by atoms with E-state index in [4.69, 9.17) is 0 Å². The van der Waals surface area contributed by atoms with Crippen LogP contribution in [0.1, 0.15) is 5.56 Å². The lowest BCUT2D eigenvalue weighted by molar-refractivity contribution is 0.197. The van der Waals surface area contributed by atoms with Gasteiger partial charge in [-0.15, -0.1) is 0 Å². The van der Waals surface area contributed by atoms with Crippen LogP contribution in [0, 0.1) is 0 Å². The molecule has 0 aliphatic rings. The maximum absolute atomic E-state index is 10.7. The Balaban J connectivity index is 0. The third kappa shape index (κ3) is 5.34. The molecule has 0 unspecified atom stereocenters. The van der Waals surface area contributed by atoms with Crippen LogP contribution in [0.5, 0.6) is 0 Å². The maximum Gasteiger partial charge on any atom is 0.265 e. The zero-order valence-electron chi connectivity index (χ0n) is 7.99. The summed E-state index contributed by atoms with van der Waals surface area (Å²) in [5.41, 5.74) is 1.11. The summed E-state index contributed by atoms with van der Waals surface area (Å²) in [7, 11) is 2.90. The van der Waals surface area contributed by atoms with Gasteiger partial charge in [-0.2, -0.15) is 0 Å². The van der Waals surface area contributed by atoms with Gasteiger partial charge in [-0.05, 0) is 6.32 Å². The largest absolute Gasteiger partial charge is 0.477 e. The van der Waals surface area contributed by atoms with E-state index in [2.05, 4.69) is 4.74 Å². The molecule has 5 heteroatoms. The fourth-order valence-corrected chi connectivity index (χ4v) is 0.899. The first-order chi connectivity index (χ1) is 5.83. The minimum Gasteiger partial charge on any atom is -0.477 e. The number of carbonyl (C=O) groups is 1. The minimum atomic E-state index is -0.279. The topological polar surface area (TPSA) is 89.3 Å². The van der Waals surface area contributed by atoms with Gasteiger partial charge in [0.25, 0.3) is 7.28 Å². The second kappa shape index (κ2) is 8.28. The highest BCUT2D eigenvalue weighted by molar-refractivity contribution is 6.71. The monoisotopic (exact) mass is 197 g/mol. The molecule has 77 valence electrons. The van der Waals surface area contributed by atoms with Crippen molar-refractivity contribution >= 4 is 13.1 Å². The van der Waals surface area contributed by atoms with Gasteiger partial charge in [-0.25, -0.2) is 0 Å². The number of carbonyl (C=O) groups excluding carboxylic acids is 1. The van der Waals surface area contributed by atoms with Crippen molar-refractivity contribution in [1.82, 2.24) is 0 Å². The third-order valence-corrected chi connectivity index (χ3v) is 1.55. The van der Waals surface area contributed by atoms with Crippen LogP contribution in [0.15, 0.2) is 30.3 Å². The van der Waals surface area contributed by atoms with E-state index >= 15 is 0 Å². The first-order valence-electron chi connectivity index (χ1n) is 3.78. The van der Waals surface area contributed by atoms with Crippen molar-refractivity contribution < 1.29 is 20.5 Å². The highest BCUT2D eigenvalue weighted by atomic mass is 16.5. The minimum absolute atomic E-state index is 0. The van der Waals surface area contributed by atoms with Crippen molar-refractivity contribution in [2.45, 2.75) is 6.32 Å². The summed E-state index contributed by atoms with van der Waals surface area (Å²) in [5, 5.41) is 0. The number of ether oxygens (including phenoxy) is 1. The van der Waals surface area contributed by atoms with Crippen molar-refractivity contribution in [1.29, 1.82) is 0 Å².